The molecule has 0 amide bonds. The van der Waals surface area contributed by atoms with Crippen LogP contribution in [0.5, 0.6) is 5.75 Å². The fourth-order valence-electron chi connectivity index (χ4n) is 5.10. The maximum atomic E-state index is 5.54. The quantitative estimate of drug-likeness (QED) is 0.413. The van der Waals surface area contributed by atoms with Gasteiger partial charge in [0.1, 0.15) is 5.75 Å². The molecule has 3 aromatic rings. The molecular formula is C30H34N2OS. The van der Waals surface area contributed by atoms with E-state index in [1.807, 2.05) is 11.8 Å². The number of nitrogens with zero attached hydrogens (tertiary/aromatic N) is 2. The van der Waals surface area contributed by atoms with Crippen LogP contribution < -0.4 is 9.64 Å². The van der Waals surface area contributed by atoms with Crippen molar-refractivity contribution in [3.63, 3.8) is 0 Å². The first kappa shape index (κ1) is 23.1. The van der Waals surface area contributed by atoms with Gasteiger partial charge < -0.3 is 9.64 Å². The molecule has 0 aromatic heterocycles. The normalized spacial score (nSPS) is 17.0. The summed E-state index contributed by atoms with van der Waals surface area (Å²) in [4.78, 5) is 6.39. The summed E-state index contributed by atoms with van der Waals surface area (Å²) in [5, 5.41) is 0. The number of fused-ring (bicyclic) bond motifs is 1. The van der Waals surface area contributed by atoms with Crippen LogP contribution in [0.2, 0.25) is 0 Å². The number of methoxy groups -OCH3 is 1. The van der Waals surface area contributed by atoms with Crippen LogP contribution in [0.15, 0.2) is 77.7 Å². The number of ether oxygens (including phenoxy) is 1. The van der Waals surface area contributed by atoms with Crippen molar-refractivity contribution >= 4 is 28.6 Å². The van der Waals surface area contributed by atoms with Crippen LogP contribution in [-0.2, 0) is 0 Å². The largest absolute Gasteiger partial charge is 0.497 e. The lowest BCUT2D eigenvalue weighted by atomic mass is 9.88. The Morgan fingerprint density at radius 2 is 1.56 bits per heavy atom. The fraction of sp³-hybridized carbons (Fsp3) is 0.333. The summed E-state index contributed by atoms with van der Waals surface area (Å²) in [5.41, 5.74) is 8.01. The van der Waals surface area contributed by atoms with Crippen LogP contribution in [0.4, 0.5) is 5.69 Å². The van der Waals surface area contributed by atoms with Crippen molar-refractivity contribution in [2.45, 2.75) is 31.2 Å². The molecule has 0 atom stereocenters. The van der Waals surface area contributed by atoms with Crippen molar-refractivity contribution < 1.29 is 4.74 Å². The molecule has 4 heteroatoms. The monoisotopic (exact) mass is 470 g/mol. The molecule has 1 fully saturated rings. The zero-order valence-electron chi connectivity index (χ0n) is 20.5. The van der Waals surface area contributed by atoms with Gasteiger partial charge in [-0.2, -0.15) is 0 Å². The van der Waals surface area contributed by atoms with Crippen molar-refractivity contribution in [1.29, 1.82) is 0 Å². The van der Waals surface area contributed by atoms with E-state index in [1.54, 1.807) is 7.11 Å². The highest BCUT2D eigenvalue weighted by Crippen LogP contribution is 2.44. The number of rotatable bonds is 5. The number of hydrogen-bond donors (Lipinski definition) is 0. The van der Waals surface area contributed by atoms with Crippen LogP contribution in [-0.4, -0.2) is 50.0 Å². The summed E-state index contributed by atoms with van der Waals surface area (Å²) in [6.45, 7) is 9.04. The maximum absolute atomic E-state index is 5.54. The van der Waals surface area contributed by atoms with Gasteiger partial charge in [0.05, 0.1) is 7.11 Å². The molecule has 1 saturated heterocycles. The lowest BCUT2D eigenvalue weighted by Gasteiger charge is -2.38. The highest BCUT2D eigenvalue weighted by atomic mass is 32.2. The van der Waals surface area contributed by atoms with Crippen LogP contribution in [0.25, 0.3) is 11.1 Å². The number of benzene rings is 3. The van der Waals surface area contributed by atoms with Crippen molar-refractivity contribution in [3.05, 3.63) is 89.5 Å². The van der Waals surface area contributed by atoms with Crippen molar-refractivity contribution in [2.24, 2.45) is 0 Å². The van der Waals surface area contributed by atoms with Gasteiger partial charge in [-0.15, -0.1) is 11.8 Å². The van der Waals surface area contributed by atoms with Gasteiger partial charge in [0.15, 0.2) is 0 Å². The summed E-state index contributed by atoms with van der Waals surface area (Å²) >= 11 is 1.93. The van der Waals surface area contributed by atoms with Gasteiger partial charge in [-0.25, -0.2) is 0 Å². The maximum Gasteiger partial charge on any atom is 0.120 e. The Hall–Kier alpha value is -2.69. The molecule has 0 saturated carbocycles. The number of hydrogen-bond acceptors (Lipinski definition) is 4. The smallest absolute Gasteiger partial charge is 0.120 e. The zero-order chi connectivity index (χ0) is 23.5. The first-order valence-corrected chi connectivity index (χ1v) is 13.3. The van der Waals surface area contributed by atoms with E-state index >= 15 is 0 Å². The highest BCUT2D eigenvalue weighted by Gasteiger charge is 2.22. The average molecular weight is 471 g/mol. The molecular weight excluding hydrogens is 436 g/mol. The number of piperazine rings is 1. The number of anilines is 1. The van der Waals surface area contributed by atoms with Crippen LogP contribution in [0, 0.1) is 0 Å². The second-order valence-electron chi connectivity index (χ2n) is 9.34. The summed E-state index contributed by atoms with van der Waals surface area (Å²) in [6, 6.07) is 27.3. The standard InChI is InChI=1S/C30H34N2OS/c1-22(2)31-16-18-32(19-17-31)25-11-9-24(10-12-25)30-27(23-7-5-4-6-8-23)15-20-34-29-21-26(33-3)13-14-28(29)30/h4-14,21-22H,15-20H2,1-3H3. The Kier molecular flexibility index (Phi) is 6.98. The molecule has 0 aliphatic carbocycles. The lowest BCUT2D eigenvalue weighted by Crippen LogP contribution is -2.48. The minimum Gasteiger partial charge on any atom is -0.497 e. The van der Waals surface area contributed by atoms with E-state index in [0.717, 1.165) is 44.1 Å². The van der Waals surface area contributed by atoms with E-state index < -0.39 is 0 Å². The molecule has 3 nitrogen and oxygen atoms in total. The summed E-state index contributed by atoms with van der Waals surface area (Å²) in [6.07, 6.45) is 1.04. The third-order valence-electron chi connectivity index (χ3n) is 7.06. The van der Waals surface area contributed by atoms with E-state index in [4.69, 9.17) is 4.74 Å². The molecule has 34 heavy (non-hydrogen) atoms. The molecule has 3 aromatic carbocycles. The SMILES string of the molecule is COc1ccc2c(c1)SCCC(c1ccccc1)=C2c1ccc(N2CCN(C(C)C)CC2)cc1. The Morgan fingerprint density at radius 1 is 0.824 bits per heavy atom. The molecule has 5 rings (SSSR count). The van der Waals surface area contributed by atoms with Gasteiger partial charge in [-0.05, 0) is 78.4 Å². The molecule has 2 aliphatic rings. The van der Waals surface area contributed by atoms with Gasteiger partial charge in [-0.1, -0.05) is 42.5 Å². The third-order valence-corrected chi connectivity index (χ3v) is 8.11. The van der Waals surface area contributed by atoms with Gasteiger partial charge in [0.2, 0.25) is 0 Å². The van der Waals surface area contributed by atoms with Crippen molar-refractivity contribution in [1.82, 2.24) is 4.90 Å². The molecule has 2 aliphatic heterocycles. The average Bonchev–Trinajstić information content (AvgIpc) is 3.08. The predicted octanol–water partition coefficient (Wildman–Crippen LogP) is 6.68. The van der Waals surface area contributed by atoms with Gasteiger partial charge in [-0.3, -0.25) is 4.90 Å². The van der Waals surface area contributed by atoms with Gasteiger partial charge >= 0.3 is 0 Å². The van der Waals surface area contributed by atoms with Gasteiger partial charge in [0.25, 0.3) is 0 Å². The van der Waals surface area contributed by atoms with Crippen molar-refractivity contribution in [3.8, 4) is 5.75 Å². The van der Waals surface area contributed by atoms with Crippen LogP contribution >= 0.6 is 11.8 Å². The van der Waals surface area contributed by atoms with Crippen LogP contribution in [0.3, 0.4) is 0 Å². The molecule has 0 unspecified atom stereocenters. The molecule has 176 valence electrons. The lowest BCUT2D eigenvalue weighted by molar-refractivity contribution is 0.209. The first-order valence-electron chi connectivity index (χ1n) is 12.3. The fourth-order valence-corrected chi connectivity index (χ4v) is 6.15. The van der Waals surface area contributed by atoms with Gasteiger partial charge in [0, 0.05) is 48.6 Å². The number of allylic oxidation sites excluding steroid dienone is 1. The van der Waals surface area contributed by atoms with Crippen molar-refractivity contribution in [2.75, 3.05) is 43.9 Å². The van der Waals surface area contributed by atoms with E-state index in [9.17, 15) is 0 Å². The highest BCUT2D eigenvalue weighted by molar-refractivity contribution is 7.99. The summed E-state index contributed by atoms with van der Waals surface area (Å²) in [5.74, 6) is 1.98. The Labute approximate surface area is 208 Å². The Bertz CT molecular complexity index is 1150. The second kappa shape index (κ2) is 10.3. The van der Waals surface area contributed by atoms with E-state index in [2.05, 4.69) is 96.4 Å². The predicted molar refractivity (Wildman–Crippen MR) is 146 cm³/mol. The van der Waals surface area contributed by atoms with E-state index in [0.29, 0.717) is 6.04 Å². The minimum atomic E-state index is 0.625. The summed E-state index contributed by atoms with van der Waals surface area (Å²) < 4.78 is 5.54. The Balaban J connectivity index is 1.53. The van der Waals surface area contributed by atoms with Crippen LogP contribution in [0.1, 0.15) is 37.0 Å². The first-order chi connectivity index (χ1) is 16.6. The number of thioether (sulfide) groups is 1. The Morgan fingerprint density at radius 3 is 2.24 bits per heavy atom. The summed E-state index contributed by atoms with van der Waals surface area (Å²) in [7, 11) is 1.74. The molecule has 0 bridgehead atoms. The van der Waals surface area contributed by atoms with E-state index in [-0.39, 0.29) is 0 Å². The minimum absolute atomic E-state index is 0.625. The molecule has 0 N–H and O–H groups in total. The van der Waals surface area contributed by atoms with E-state index in [1.165, 1.54) is 38.4 Å². The topological polar surface area (TPSA) is 15.7 Å². The molecule has 2 heterocycles. The third kappa shape index (κ3) is 4.75. The second-order valence-corrected chi connectivity index (χ2v) is 10.5. The molecule has 0 radical (unpaired) electrons. The zero-order valence-corrected chi connectivity index (χ0v) is 21.3. The molecule has 0 spiro atoms.